The zero-order valence-corrected chi connectivity index (χ0v) is 8.38. The fraction of sp³-hybridized carbons (Fsp3) is 0. The molecule has 2 aromatic rings. The number of hydrogen-bond donors (Lipinski definition) is 2. The van der Waals surface area contributed by atoms with E-state index in [4.69, 9.17) is 11.6 Å². The monoisotopic (exact) mass is 216 g/mol. The Kier molecular flexibility index (Phi) is 1.94. The van der Waals surface area contributed by atoms with E-state index < -0.39 is 0 Å². The molecule has 1 nitrogen and oxygen atoms in total. The summed E-state index contributed by atoms with van der Waals surface area (Å²) in [7, 11) is 0. The average Bonchev–Trinajstić information content (AvgIpc) is 2.33. The first-order valence-electron chi connectivity index (χ1n) is 3.27. The van der Waals surface area contributed by atoms with Crippen molar-refractivity contribution >= 4 is 45.7 Å². The number of halogens is 1. The first-order chi connectivity index (χ1) is 5.68. The Labute approximate surface area is 84.0 Å². The van der Waals surface area contributed by atoms with E-state index in [1.165, 1.54) is 11.3 Å². The summed E-state index contributed by atoms with van der Waals surface area (Å²) in [6.07, 6.45) is 0. The highest BCUT2D eigenvalue weighted by Gasteiger charge is 2.06. The van der Waals surface area contributed by atoms with Crippen LogP contribution in [0.15, 0.2) is 22.4 Å². The van der Waals surface area contributed by atoms with Crippen molar-refractivity contribution in [2.24, 2.45) is 0 Å². The fourth-order valence-corrected chi connectivity index (χ4v) is 2.49. The van der Waals surface area contributed by atoms with Crippen molar-refractivity contribution < 1.29 is 5.11 Å². The highest BCUT2D eigenvalue weighted by Crippen LogP contribution is 2.37. The molecule has 0 aliphatic rings. The fourth-order valence-electron chi connectivity index (χ4n) is 1.07. The van der Waals surface area contributed by atoms with E-state index in [2.05, 4.69) is 12.6 Å². The van der Waals surface area contributed by atoms with Crippen LogP contribution in [0, 0.1) is 0 Å². The molecule has 62 valence electrons. The largest absolute Gasteiger partial charge is 0.506 e. The standard InChI is InChI=1S/C8H5ClOS2/c9-6-3-12-8-5(6)1-4(11)2-7(8)10/h1-3,10-11H. The number of fused-ring (bicyclic) bond motifs is 1. The predicted molar refractivity (Wildman–Crippen MR) is 55.8 cm³/mol. The Morgan fingerprint density at radius 1 is 1.42 bits per heavy atom. The van der Waals surface area contributed by atoms with E-state index in [1.807, 2.05) is 6.07 Å². The van der Waals surface area contributed by atoms with Gasteiger partial charge < -0.3 is 5.11 Å². The van der Waals surface area contributed by atoms with Crippen LogP contribution in [0.2, 0.25) is 5.02 Å². The molecule has 1 heterocycles. The molecule has 0 amide bonds. The minimum atomic E-state index is 0.245. The number of aromatic hydroxyl groups is 1. The highest BCUT2D eigenvalue weighted by atomic mass is 35.5. The molecule has 1 aromatic heterocycles. The lowest BCUT2D eigenvalue weighted by Gasteiger charge is -1.96. The molecule has 0 bridgehead atoms. The molecule has 0 aliphatic carbocycles. The molecule has 2 rings (SSSR count). The van der Waals surface area contributed by atoms with Gasteiger partial charge in [-0.05, 0) is 12.1 Å². The number of thiophene rings is 1. The van der Waals surface area contributed by atoms with Gasteiger partial charge in [0.1, 0.15) is 5.75 Å². The Morgan fingerprint density at radius 3 is 2.92 bits per heavy atom. The number of rotatable bonds is 0. The maximum atomic E-state index is 9.47. The van der Waals surface area contributed by atoms with Gasteiger partial charge in [-0.2, -0.15) is 0 Å². The van der Waals surface area contributed by atoms with Crippen LogP contribution in [0.3, 0.4) is 0 Å². The van der Waals surface area contributed by atoms with E-state index in [0.717, 1.165) is 15.0 Å². The van der Waals surface area contributed by atoms with Crippen molar-refractivity contribution in [3.05, 3.63) is 22.5 Å². The van der Waals surface area contributed by atoms with E-state index >= 15 is 0 Å². The Hall–Kier alpha value is -0.380. The van der Waals surface area contributed by atoms with Crippen LogP contribution in [0.5, 0.6) is 5.75 Å². The van der Waals surface area contributed by atoms with Crippen LogP contribution < -0.4 is 0 Å². The SMILES string of the molecule is Oc1cc(S)cc2c(Cl)csc12. The van der Waals surface area contributed by atoms with Gasteiger partial charge in [-0.1, -0.05) is 11.6 Å². The second-order valence-electron chi connectivity index (χ2n) is 2.43. The molecular formula is C8H5ClOS2. The van der Waals surface area contributed by atoms with Gasteiger partial charge >= 0.3 is 0 Å². The van der Waals surface area contributed by atoms with Gasteiger partial charge in [0.15, 0.2) is 0 Å². The minimum absolute atomic E-state index is 0.245. The lowest BCUT2D eigenvalue weighted by molar-refractivity contribution is 0.481. The molecule has 1 N–H and O–H groups in total. The molecular weight excluding hydrogens is 212 g/mol. The minimum Gasteiger partial charge on any atom is -0.506 e. The van der Waals surface area contributed by atoms with Gasteiger partial charge in [-0.25, -0.2) is 0 Å². The third-order valence-electron chi connectivity index (χ3n) is 1.59. The highest BCUT2D eigenvalue weighted by molar-refractivity contribution is 7.80. The molecule has 0 saturated heterocycles. The first-order valence-corrected chi connectivity index (χ1v) is 4.97. The molecule has 0 radical (unpaired) electrons. The maximum absolute atomic E-state index is 9.47. The zero-order valence-electron chi connectivity index (χ0n) is 5.91. The molecule has 0 saturated carbocycles. The average molecular weight is 217 g/mol. The number of benzene rings is 1. The Morgan fingerprint density at radius 2 is 2.17 bits per heavy atom. The molecule has 0 unspecified atom stereocenters. The lowest BCUT2D eigenvalue weighted by atomic mass is 10.2. The van der Waals surface area contributed by atoms with Crippen molar-refractivity contribution in [1.29, 1.82) is 0 Å². The predicted octanol–water partition coefficient (Wildman–Crippen LogP) is 3.55. The number of phenols is 1. The number of thiol groups is 1. The van der Waals surface area contributed by atoms with E-state index in [1.54, 1.807) is 11.4 Å². The third kappa shape index (κ3) is 1.18. The van der Waals surface area contributed by atoms with Gasteiger partial charge in [0.2, 0.25) is 0 Å². The summed E-state index contributed by atoms with van der Waals surface area (Å²) >= 11 is 11.5. The Bertz CT molecular complexity index is 436. The molecule has 0 aliphatic heterocycles. The van der Waals surface area contributed by atoms with Crippen molar-refractivity contribution in [1.82, 2.24) is 0 Å². The van der Waals surface area contributed by atoms with Crippen LogP contribution in [0.4, 0.5) is 0 Å². The molecule has 12 heavy (non-hydrogen) atoms. The second-order valence-corrected chi connectivity index (χ2v) is 4.23. The van der Waals surface area contributed by atoms with Crippen molar-refractivity contribution in [2.45, 2.75) is 4.90 Å². The lowest BCUT2D eigenvalue weighted by Crippen LogP contribution is -1.68. The van der Waals surface area contributed by atoms with Crippen molar-refractivity contribution in [3.63, 3.8) is 0 Å². The van der Waals surface area contributed by atoms with Crippen molar-refractivity contribution in [3.8, 4) is 5.75 Å². The zero-order chi connectivity index (χ0) is 8.72. The van der Waals surface area contributed by atoms with Crippen LogP contribution >= 0.6 is 35.6 Å². The van der Waals surface area contributed by atoms with E-state index in [0.29, 0.717) is 5.02 Å². The number of hydrogen-bond acceptors (Lipinski definition) is 3. The molecule has 0 fully saturated rings. The number of phenolic OH excluding ortho intramolecular Hbond substituents is 1. The van der Waals surface area contributed by atoms with E-state index in [-0.39, 0.29) is 5.75 Å². The summed E-state index contributed by atoms with van der Waals surface area (Å²) in [5.74, 6) is 0.245. The van der Waals surface area contributed by atoms with Crippen molar-refractivity contribution in [2.75, 3.05) is 0 Å². The Balaban J connectivity index is 2.92. The van der Waals surface area contributed by atoms with E-state index in [9.17, 15) is 5.11 Å². The van der Waals surface area contributed by atoms with Gasteiger partial charge in [-0.3, -0.25) is 0 Å². The quantitative estimate of drug-likeness (QED) is 0.646. The normalized spacial score (nSPS) is 10.8. The van der Waals surface area contributed by atoms with Gasteiger partial charge in [-0.15, -0.1) is 24.0 Å². The van der Waals surface area contributed by atoms with Gasteiger partial charge in [0, 0.05) is 15.7 Å². The first kappa shape index (κ1) is 8.23. The summed E-state index contributed by atoms with van der Waals surface area (Å²) in [5.41, 5.74) is 0. The van der Waals surface area contributed by atoms with Crippen LogP contribution in [0.25, 0.3) is 10.1 Å². The molecule has 0 atom stereocenters. The summed E-state index contributed by atoms with van der Waals surface area (Å²) in [6, 6.07) is 3.45. The van der Waals surface area contributed by atoms with Gasteiger partial charge in [0.05, 0.1) is 9.72 Å². The molecule has 0 spiro atoms. The van der Waals surface area contributed by atoms with Gasteiger partial charge in [0.25, 0.3) is 0 Å². The van der Waals surface area contributed by atoms with Crippen LogP contribution in [-0.2, 0) is 0 Å². The topological polar surface area (TPSA) is 20.2 Å². The summed E-state index contributed by atoms with van der Waals surface area (Å²) in [6.45, 7) is 0. The summed E-state index contributed by atoms with van der Waals surface area (Å²) in [5, 5.41) is 12.8. The third-order valence-corrected chi connectivity index (χ3v) is 3.31. The molecule has 1 aromatic carbocycles. The summed E-state index contributed by atoms with van der Waals surface area (Å²) in [4.78, 5) is 0.723. The summed E-state index contributed by atoms with van der Waals surface area (Å²) < 4.78 is 0.817. The second kappa shape index (κ2) is 2.83. The molecule has 4 heteroatoms. The maximum Gasteiger partial charge on any atom is 0.134 e. The van der Waals surface area contributed by atoms with Crippen LogP contribution in [0.1, 0.15) is 0 Å². The smallest absolute Gasteiger partial charge is 0.134 e. The van der Waals surface area contributed by atoms with Crippen LogP contribution in [-0.4, -0.2) is 5.11 Å².